The number of hydrogen-bond donors (Lipinski definition) is 0. The van der Waals surface area contributed by atoms with E-state index < -0.39 is 0 Å². The van der Waals surface area contributed by atoms with Crippen molar-refractivity contribution in [2.24, 2.45) is 0 Å². The van der Waals surface area contributed by atoms with E-state index >= 15 is 0 Å². The van der Waals surface area contributed by atoms with E-state index in [4.69, 9.17) is 0 Å². The van der Waals surface area contributed by atoms with E-state index in [1.54, 1.807) is 0 Å². The number of likely N-dealkylation sites (tertiary alicyclic amines) is 1. The molecular weight excluding hydrogens is 322 g/mol. The zero-order valence-electron chi connectivity index (χ0n) is 15.4. The fourth-order valence-electron chi connectivity index (χ4n) is 4.52. The Morgan fingerprint density at radius 3 is 3.00 bits per heavy atom. The Bertz CT molecular complexity index is 945. The van der Waals surface area contributed by atoms with E-state index in [-0.39, 0.29) is 0 Å². The first-order chi connectivity index (χ1) is 12.8. The monoisotopic (exact) mass is 347 g/mol. The molecule has 1 aromatic carbocycles. The Morgan fingerprint density at radius 1 is 1.08 bits per heavy atom. The third kappa shape index (κ3) is 2.90. The molecule has 2 aliphatic heterocycles. The number of piperidine rings is 1. The van der Waals surface area contributed by atoms with Gasteiger partial charge in [-0.05, 0) is 56.5 Å². The molecule has 26 heavy (non-hydrogen) atoms. The fraction of sp³-hybridized carbons (Fsp3) is 0.476. The number of aromatic nitrogens is 4. The first-order valence-corrected chi connectivity index (χ1v) is 9.77. The van der Waals surface area contributed by atoms with Gasteiger partial charge in [-0.2, -0.15) is 0 Å². The van der Waals surface area contributed by atoms with Gasteiger partial charge >= 0.3 is 0 Å². The lowest BCUT2D eigenvalue weighted by Crippen LogP contribution is -2.34. The summed E-state index contributed by atoms with van der Waals surface area (Å²) in [5.41, 5.74) is 3.53. The number of nitrogens with zero attached hydrogens (tertiary/aromatic N) is 5. The predicted molar refractivity (Wildman–Crippen MR) is 102 cm³/mol. The van der Waals surface area contributed by atoms with E-state index in [0.29, 0.717) is 5.92 Å². The average Bonchev–Trinajstić information content (AvgIpc) is 3.26. The minimum atomic E-state index is 0.521. The van der Waals surface area contributed by atoms with Crippen molar-refractivity contribution in [1.29, 1.82) is 0 Å². The van der Waals surface area contributed by atoms with Crippen LogP contribution in [0.2, 0.25) is 0 Å². The highest BCUT2D eigenvalue weighted by Crippen LogP contribution is 2.29. The van der Waals surface area contributed by atoms with E-state index in [9.17, 15) is 0 Å². The normalized spacial score (nSPS) is 20.6. The molecule has 0 aliphatic carbocycles. The van der Waals surface area contributed by atoms with Gasteiger partial charge in [-0.15, -0.1) is 10.2 Å². The van der Waals surface area contributed by atoms with Crippen LogP contribution < -0.4 is 0 Å². The van der Waals surface area contributed by atoms with Crippen LogP contribution in [-0.4, -0.2) is 37.7 Å². The quantitative estimate of drug-likeness (QED) is 0.728. The van der Waals surface area contributed by atoms with Crippen molar-refractivity contribution in [2.45, 2.75) is 51.6 Å². The van der Waals surface area contributed by atoms with Crippen LogP contribution in [0.25, 0.3) is 10.9 Å². The molecule has 0 unspecified atom stereocenters. The van der Waals surface area contributed by atoms with Gasteiger partial charge in [0.2, 0.25) is 0 Å². The van der Waals surface area contributed by atoms with Crippen LogP contribution >= 0.6 is 0 Å². The van der Waals surface area contributed by atoms with Crippen molar-refractivity contribution in [1.82, 2.24) is 24.6 Å². The number of benzene rings is 1. The largest absolute Gasteiger partial charge is 0.315 e. The summed E-state index contributed by atoms with van der Waals surface area (Å²) in [6.45, 7) is 6.40. The summed E-state index contributed by atoms with van der Waals surface area (Å²) in [7, 11) is 0. The average molecular weight is 347 g/mol. The van der Waals surface area contributed by atoms with Gasteiger partial charge in [-0.3, -0.25) is 9.88 Å². The fourth-order valence-corrected chi connectivity index (χ4v) is 4.52. The zero-order valence-corrected chi connectivity index (χ0v) is 15.4. The zero-order chi connectivity index (χ0) is 17.5. The van der Waals surface area contributed by atoms with Gasteiger partial charge in [0.25, 0.3) is 0 Å². The number of aryl methyl sites for hydroxylation is 2. The number of fused-ring (bicyclic) bond motifs is 2. The molecule has 2 aromatic heterocycles. The Hall–Kier alpha value is -2.27. The minimum absolute atomic E-state index is 0.521. The van der Waals surface area contributed by atoms with Crippen molar-refractivity contribution in [2.75, 3.05) is 13.1 Å². The Kier molecular flexibility index (Phi) is 3.97. The second kappa shape index (κ2) is 6.47. The molecule has 1 atom stereocenters. The van der Waals surface area contributed by atoms with Crippen LogP contribution in [0.15, 0.2) is 30.3 Å². The molecule has 1 fully saturated rings. The van der Waals surface area contributed by atoms with Crippen LogP contribution in [0.1, 0.15) is 48.1 Å². The second-order valence-corrected chi connectivity index (χ2v) is 7.78. The Labute approximate surface area is 154 Å². The van der Waals surface area contributed by atoms with Gasteiger partial charge in [-0.1, -0.05) is 12.1 Å². The molecule has 5 heteroatoms. The molecule has 0 amide bonds. The first kappa shape index (κ1) is 15.9. The van der Waals surface area contributed by atoms with Crippen molar-refractivity contribution in [3.63, 3.8) is 0 Å². The molecule has 2 aliphatic rings. The van der Waals surface area contributed by atoms with Gasteiger partial charge in [0.1, 0.15) is 11.6 Å². The molecule has 5 nitrogen and oxygen atoms in total. The SMILES string of the molecule is Cc1ccc2cc(CN3CCC[C@@H](c4nnc5n4CCC5)C3)ccc2n1. The number of pyridine rings is 1. The lowest BCUT2D eigenvalue weighted by Gasteiger charge is -2.32. The third-order valence-corrected chi connectivity index (χ3v) is 5.81. The molecule has 134 valence electrons. The minimum Gasteiger partial charge on any atom is -0.315 e. The van der Waals surface area contributed by atoms with Crippen LogP contribution in [0.5, 0.6) is 0 Å². The molecule has 0 bridgehead atoms. The Balaban J connectivity index is 1.33. The standard InChI is InChI=1S/C21H25N5/c1-15-6-8-17-12-16(7-9-19(17)22-15)13-25-10-2-4-18(14-25)21-24-23-20-5-3-11-26(20)21/h6-9,12,18H,2-5,10-11,13-14H2,1H3/t18-/m1/s1. The summed E-state index contributed by atoms with van der Waals surface area (Å²) in [5.74, 6) is 2.93. The summed E-state index contributed by atoms with van der Waals surface area (Å²) in [5, 5.41) is 10.2. The lowest BCUT2D eigenvalue weighted by atomic mass is 9.96. The Morgan fingerprint density at radius 2 is 2.04 bits per heavy atom. The van der Waals surface area contributed by atoms with Crippen LogP contribution in [0.3, 0.4) is 0 Å². The molecule has 1 saturated heterocycles. The maximum Gasteiger partial charge on any atom is 0.137 e. The van der Waals surface area contributed by atoms with Crippen LogP contribution in [-0.2, 0) is 19.5 Å². The van der Waals surface area contributed by atoms with E-state index in [1.165, 1.54) is 48.4 Å². The van der Waals surface area contributed by atoms with Crippen molar-refractivity contribution >= 4 is 10.9 Å². The molecular formula is C21H25N5. The van der Waals surface area contributed by atoms with Gasteiger partial charge in [0.15, 0.2) is 0 Å². The summed E-state index contributed by atoms with van der Waals surface area (Å²) in [6.07, 6.45) is 4.78. The molecule has 0 radical (unpaired) electrons. The predicted octanol–water partition coefficient (Wildman–Crippen LogP) is 3.46. The highest BCUT2D eigenvalue weighted by atomic mass is 15.3. The lowest BCUT2D eigenvalue weighted by molar-refractivity contribution is 0.194. The van der Waals surface area contributed by atoms with Crippen LogP contribution in [0, 0.1) is 6.92 Å². The highest BCUT2D eigenvalue weighted by Gasteiger charge is 2.28. The molecule has 3 aromatic rings. The molecule has 4 heterocycles. The second-order valence-electron chi connectivity index (χ2n) is 7.78. The maximum atomic E-state index is 4.61. The molecule has 0 N–H and O–H groups in total. The summed E-state index contributed by atoms with van der Waals surface area (Å²) in [6, 6.07) is 11.0. The van der Waals surface area contributed by atoms with Gasteiger partial charge < -0.3 is 4.57 Å². The number of rotatable bonds is 3. The third-order valence-electron chi connectivity index (χ3n) is 5.81. The van der Waals surface area contributed by atoms with Gasteiger partial charge in [0, 0.05) is 43.1 Å². The van der Waals surface area contributed by atoms with Crippen molar-refractivity contribution in [3.8, 4) is 0 Å². The molecule has 5 rings (SSSR count). The molecule has 0 spiro atoms. The smallest absolute Gasteiger partial charge is 0.137 e. The summed E-state index contributed by atoms with van der Waals surface area (Å²) in [4.78, 5) is 7.19. The van der Waals surface area contributed by atoms with Gasteiger partial charge in [0.05, 0.1) is 5.52 Å². The summed E-state index contributed by atoms with van der Waals surface area (Å²) < 4.78 is 2.37. The first-order valence-electron chi connectivity index (χ1n) is 9.77. The summed E-state index contributed by atoms with van der Waals surface area (Å²) >= 11 is 0. The molecule has 0 saturated carbocycles. The van der Waals surface area contributed by atoms with Gasteiger partial charge in [-0.25, -0.2) is 0 Å². The maximum absolute atomic E-state index is 4.61. The van der Waals surface area contributed by atoms with E-state index in [0.717, 1.165) is 37.3 Å². The van der Waals surface area contributed by atoms with E-state index in [2.05, 4.69) is 55.0 Å². The highest BCUT2D eigenvalue weighted by molar-refractivity contribution is 5.79. The number of hydrogen-bond acceptors (Lipinski definition) is 4. The van der Waals surface area contributed by atoms with Crippen LogP contribution in [0.4, 0.5) is 0 Å². The van der Waals surface area contributed by atoms with E-state index in [1.807, 2.05) is 6.92 Å². The van der Waals surface area contributed by atoms with Crippen molar-refractivity contribution in [3.05, 3.63) is 53.2 Å². The van der Waals surface area contributed by atoms with Crippen molar-refractivity contribution < 1.29 is 0 Å². The topological polar surface area (TPSA) is 46.8 Å².